The second-order valence-corrected chi connectivity index (χ2v) is 8.16. The van der Waals surface area contributed by atoms with Crippen molar-refractivity contribution in [2.24, 2.45) is 0 Å². The molecule has 0 aliphatic heterocycles. The lowest BCUT2D eigenvalue weighted by molar-refractivity contribution is 0.102. The summed E-state index contributed by atoms with van der Waals surface area (Å²) in [6.07, 6.45) is 0. The minimum atomic E-state index is -0.213. The van der Waals surface area contributed by atoms with Gasteiger partial charge in [-0.25, -0.2) is 4.98 Å². The van der Waals surface area contributed by atoms with Crippen LogP contribution in [0.5, 0.6) is 0 Å². The number of halogens is 1. The minimum Gasteiger partial charge on any atom is -0.320 e. The topological polar surface area (TPSA) is 42.0 Å². The lowest BCUT2D eigenvalue weighted by Crippen LogP contribution is -2.15. The highest BCUT2D eigenvalue weighted by Crippen LogP contribution is 2.32. The van der Waals surface area contributed by atoms with Gasteiger partial charge in [-0.2, -0.15) is 0 Å². The van der Waals surface area contributed by atoms with Crippen molar-refractivity contribution in [1.29, 1.82) is 0 Å². The third-order valence-corrected chi connectivity index (χ3v) is 6.10. The van der Waals surface area contributed by atoms with Crippen molar-refractivity contribution in [3.05, 3.63) is 106 Å². The van der Waals surface area contributed by atoms with Crippen LogP contribution < -0.4 is 5.32 Å². The molecule has 1 amide bonds. The lowest BCUT2D eigenvalue weighted by Gasteiger charge is -2.14. The lowest BCUT2D eigenvalue weighted by atomic mass is 10.0. The number of amides is 1. The molecule has 0 fully saturated rings. The molecule has 1 aromatic heterocycles. The van der Waals surface area contributed by atoms with Crippen LogP contribution in [0.4, 0.5) is 5.69 Å². The van der Waals surface area contributed by atoms with E-state index in [1.807, 2.05) is 84.9 Å². The van der Waals surface area contributed by atoms with Crippen LogP contribution in [0, 0.1) is 3.57 Å². The molecule has 0 atom stereocenters. The van der Waals surface area contributed by atoms with Crippen LogP contribution in [0.2, 0.25) is 0 Å². The highest BCUT2D eigenvalue weighted by Gasteiger charge is 2.17. The largest absolute Gasteiger partial charge is 0.320 e. The summed E-state index contributed by atoms with van der Waals surface area (Å²) < 4.78 is 1.13. The average Bonchev–Trinajstić information content (AvgIpc) is 2.79. The van der Waals surface area contributed by atoms with Gasteiger partial charge in [-0.3, -0.25) is 4.79 Å². The molecular weight excluding hydrogens is 483 g/mol. The van der Waals surface area contributed by atoms with Gasteiger partial charge in [0, 0.05) is 25.6 Å². The predicted molar refractivity (Wildman–Crippen MR) is 132 cm³/mol. The first-order valence-electron chi connectivity index (χ1n) is 9.65. The second-order valence-electron chi connectivity index (χ2n) is 7.00. The molecule has 5 rings (SSSR count). The van der Waals surface area contributed by atoms with Gasteiger partial charge >= 0.3 is 0 Å². The third-order valence-electron chi connectivity index (χ3n) is 5.16. The van der Waals surface area contributed by atoms with Gasteiger partial charge in [-0.15, -0.1) is 0 Å². The van der Waals surface area contributed by atoms with Gasteiger partial charge in [0.15, 0.2) is 0 Å². The summed E-state index contributed by atoms with van der Waals surface area (Å²) in [5.74, 6) is -0.213. The first kappa shape index (κ1) is 18.8. The zero-order valence-electron chi connectivity index (χ0n) is 16.0. The summed E-state index contributed by atoms with van der Waals surface area (Å²) in [6.45, 7) is 0. The summed E-state index contributed by atoms with van der Waals surface area (Å²) in [5, 5.41) is 6.02. The Morgan fingerprint density at radius 1 is 0.667 bits per heavy atom. The Hall–Kier alpha value is -3.25. The number of aromatic nitrogens is 1. The van der Waals surface area contributed by atoms with E-state index in [9.17, 15) is 4.79 Å². The Balaban J connectivity index is 1.62. The zero-order chi connectivity index (χ0) is 20.5. The molecule has 0 aliphatic rings. The number of rotatable bonds is 3. The Morgan fingerprint density at radius 3 is 2.07 bits per heavy atom. The van der Waals surface area contributed by atoms with E-state index in [0.717, 1.165) is 42.1 Å². The summed E-state index contributed by atoms with van der Waals surface area (Å²) in [4.78, 5) is 18.1. The van der Waals surface area contributed by atoms with Gasteiger partial charge in [0.2, 0.25) is 0 Å². The molecular formula is C26H17IN2O. The zero-order valence-corrected chi connectivity index (χ0v) is 18.1. The molecule has 1 heterocycles. The number of fused-ring (bicyclic) bond motifs is 3. The van der Waals surface area contributed by atoms with E-state index in [1.165, 1.54) is 0 Å². The van der Waals surface area contributed by atoms with E-state index in [4.69, 9.17) is 4.98 Å². The minimum absolute atomic E-state index is 0.213. The van der Waals surface area contributed by atoms with E-state index >= 15 is 0 Å². The van der Waals surface area contributed by atoms with E-state index in [2.05, 4.69) is 40.0 Å². The van der Waals surface area contributed by atoms with Gasteiger partial charge in [-0.1, -0.05) is 78.9 Å². The molecule has 5 aromatic rings. The maximum absolute atomic E-state index is 13.4. The van der Waals surface area contributed by atoms with Gasteiger partial charge in [0.25, 0.3) is 5.91 Å². The number of pyridine rings is 1. The van der Waals surface area contributed by atoms with Crippen LogP contribution in [0.1, 0.15) is 10.5 Å². The molecule has 4 heteroatoms. The summed E-state index contributed by atoms with van der Waals surface area (Å²) in [7, 11) is 0. The summed E-state index contributed by atoms with van der Waals surface area (Å²) in [5.41, 5.74) is 4.09. The van der Waals surface area contributed by atoms with Crippen LogP contribution in [-0.4, -0.2) is 10.9 Å². The number of nitrogens with zero attached hydrogens (tertiary/aromatic N) is 1. The molecule has 0 saturated carbocycles. The molecule has 30 heavy (non-hydrogen) atoms. The fraction of sp³-hybridized carbons (Fsp3) is 0. The molecule has 144 valence electrons. The van der Waals surface area contributed by atoms with Gasteiger partial charge in [0.1, 0.15) is 5.69 Å². The van der Waals surface area contributed by atoms with Gasteiger partial charge in [-0.05, 0) is 51.7 Å². The van der Waals surface area contributed by atoms with E-state index < -0.39 is 0 Å². The van der Waals surface area contributed by atoms with E-state index in [-0.39, 0.29) is 5.91 Å². The summed E-state index contributed by atoms with van der Waals surface area (Å²) >= 11 is 2.32. The maximum atomic E-state index is 13.4. The number of para-hydroxylation sites is 2. The van der Waals surface area contributed by atoms with E-state index in [0.29, 0.717) is 5.69 Å². The molecule has 0 bridgehead atoms. The monoisotopic (exact) mass is 500 g/mol. The quantitative estimate of drug-likeness (QED) is 0.216. The van der Waals surface area contributed by atoms with Crippen molar-refractivity contribution in [3.63, 3.8) is 0 Å². The third kappa shape index (κ3) is 3.33. The Bertz CT molecular complexity index is 1410. The molecule has 0 unspecified atom stereocenters. The van der Waals surface area contributed by atoms with Crippen LogP contribution in [-0.2, 0) is 0 Å². The molecule has 0 aliphatic carbocycles. The fourth-order valence-corrected chi connectivity index (χ4v) is 4.44. The Kier molecular flexibility index (Phi) is 4.93. The molecule has 4 aromatic carbocycles. The molecule has 0 radical (unpaired) electrons. The predicted octanol–water partition coefficient (Wildman–Crippen LogP) is 6.91. The first-order chi connectivity index (χ1) is 14.7. The van der Waals surface area contributed by atoms with Crippen LogP contribution >= 0.6 is 22.6 Å². The number of hydrogen-bond donors (Lipinski definition) is 1. The van der Waals surface area contributed by atoms with Crippen molar-refractivity contribution < 1.29 is 4.79 Å². The van der Waals surface area contributed by atoms with Crippen molar-refractivity contribution in [2.45, 2.75) is 0 Å². The molecule has 0 saturated heterocycles. The summed E-state index contributed by atoms with van der Waals surface area (Å²) in [6, 6.07) is 31.9. The average molecular weight is 500 g/mol. The standard InChI is InChI=1S/C26H17IN2O/c27-22-14-6-3-10-18(22)20-12-5-8-16-24(20)29-26(30)25-21-13-2-1-9-17(21)19-11-4-7-15-23(19)28-25/h1-16H,(H,29,30). The fourth-order valence-electron chi connectivity index (χ4n) is 3.77. The van der Waals surface area contributed by atoms with E-state index in [1.54, 1.807) is 0 Å². The first-order valence-corrected chi connectivity index (χ1v) is 10.7. The van der Waals surface area contributed by atoms with Crippen molar-refractivity contribution in [1.82, 2.24) is 4.98 Å². The maximum Gasteiger partial charge on any atom is 0.274 e. The number of hydrogen-bond acceptors (Lipinski definition) is 2. The van der Waals surface area contributed by atoms with Crippen molar-refractivity contribution in [3.8, 4) is 11.1 Å². The van der Waals surface area contributed by atoms with Gasteiger partial charge in [0.05, 0.1) is 5.52 Å². The highest BCUT2D eigenvalue weighted by atomic mass is 127. The number of carbonyl (C=O) groups excluding carboxylic acids is 1. The Labute approximate surface area is 187 Å². The van der Waals surface area contributed by atoms with Crippen molar-refractivity contribution in [2.75, 3.05) is 5.32 Å². The normalized spacial score (nSPS) is 11.0. The van der Waals surface area contributed by atoms with Crippen LogP contribution in [0.15, 0.2) is 97.1 Å². The van der Waals surface area contributed by atoms with Crippen LogP contribution in [0.25, 0.3) is 32.8 Å². The van der Waals surface area contributed by atoms with Gasteiger partial charge < -0.3 is 5.32 Å². The smallest absolute Gasteiger partial charge is 0.274 e. The second kappa shape index (κ2) is 7.88. The molecule has 3 nitrogen and oxygen atoms in total. The number of anilines is 1. The molecule has 0 spiro atoms. The number of nitrogens with one attached hydrogen (secondary N) is 1. The Morgan fingerprint density at radius 2 is 1.27 bits per heavy atom. The highest BCUT2D eigenvalue weighted by molar-refractivity contribution is 14.1. The van der Waals surface area contributed by atoms with Crippen LogP contribution in [0.3, 0.4) is 0 Å². The number of benzene rings is 4. The number of carbonyl (C=O) groups is 1. The molecule has 1 N–H and O–H groups in total. The van der Waals surface area contributed by atoms with Crippen molar-refractivity contribution >= 4 is 55.9 Å². The SMILES string of the molecule is O=C(Nc1ccccc1-c1ccccc1I)c1nc2ccccc2c2ccccc12.